The number of unbranched alkanes of at least 4 members (excludes halogenated alkanes) is 1. The van der Waals surface area contributed by atoms with Crippen LogP contribution in [0.3, 0.4) is 0 Å². The van der Waals surface area contributed by atoms with Crippen LogP contribution < -0.4 is 16.4 Å². The smallest absolute Gasteiger partial charge is 0.411 e. The van der Waals surface area contributed by atoms with Gasteiger partial charge in [-0.1, -0.05) is 19.4 Å². The zero-order valence-corrected chi connectivity index (χ0v) is 23.9. The normalized spacial score (nSPS) is 19.3. The molecule has 4 aromatic rings. The number of amides is 3. The Bertz CT molecular complexity index is 1670. The predicted octanol–water partition coefficient (Wildman–Crippen LogP) is 4.30. The number of likely N-dealkylation sites (tertiary alicyclic amines) is 1. The van der Waals surface area contributed by atoms with Crippen molar-refractivity contribution in [3.05, 3.63) is 47.3 Å². The molecule has 212 valence electrons. The minimum absolute atomic E-state index is 0.0373. The van der Waals surface area contributed by atoms with Crippen LogP contribution in [-0.4, -0.2) is 61.0 Å². The molecule has 1 aliphatic carbocycles. The Kier molecular flexibility index (Phi) is 7.20. The number of carbonyl (C=O) groups excluding carboxylic acids is 3. The van der Waals surface area contributed by atoms with Crippen LogP contribution in [0, 0.1) is 5.92 Å². The molecule has 2 aliphatic rings. The molecule has 12 nitrogen and oxygen atoms in total. The van der Waals surface area contributed by atoms with E-state index in [0.717, 1.165) is 19.3 Å². The van der Waals surface area contributed by atoms with Gasteiger partial charge in [0, 0.05) is 17.1 Å². The molecule has 4 N–H and O–H groups in total. The number of nitrogen functional groups attached to an aromatic ring is 1. The maximum atomic E-state index is 13.8. The van der Waals surface area contributed by atoms with Crippen molar-refractivity contribution in [2.24, 2.45) is 5.92 Å². The average Bonchev–Trinajstić information content (AvgIpc) is 3.49. The van der Waals surface area contributed by atoms with E-state index in [4.69, 9.17) is 10.5 Å². The number of halogens is 1. The zero-order chi connectivity index (χ0) is 28.7. The summed E-state index contributed by atoms with van der Waals surface area (Å²) in [6.45, 7) is 2.32. The SMILES string of the molecule is CCCCOC(=O)Nc1ccc2c(c1)c1c(N)ncnc1n2CC(=O)N1[C@@H]2C[C@@H]2C[C@H]1C(=O)Nc1cccc(Br)n1. The van der Waals surface area contributed by atoms with E-state index in [1.807, 2.05) is 6.92 Å². The number of pyridine rings is 1. The van der Waals surface area contributed by atoms with Crippen LogP contribution >= 0.6 is 15.9 Å². The Morgan fingerprint density at radius 1 is 1.15 bits per heavy atom. The summed E-state index contributed by atoms with van der Waals surface area (Å²) in [7, 11) is 0. The van der Waals surface area contributed by atoms with E-state index < -0.39 is 12.1 Å². The second-order valence-electron chi connectivity index (χ2n) is 10.3. The quantitative estimate of drug-likeness (QED) is 0.194. The predicted molar refractivity (Wildman–Crippen MR) is 157 cm³/mol. The van der Waals surface area contributed by atoms with Crippen molar-refractivity contribution in [3.63, 3.8) is 0 Å². The number of hydrogen-bond acceptors (Lipinski definition) is 8. The van der Waals surface area contributed by atoms with Gasteiger partial charge in [-0.3, -0.25) is 14.9 Å². The third-order valence-electron chi connectivity index (χ3n) is 7.60. The van der Waals surface area contributed by atoms with E-state index in [-0.39, 0.29) is 30.2 Å². The highest BCUT2D eigenvalue weighted by atomic mass is 79.9. The number of rotatable bonds is 8. The second-order valence-corrected chi connectivity index (χ2v) is 11.2. The van der Waals surface area contributed by atoms with Gasteiger partial charge in [-0.2, -0.15) is 0 Å². The van der Waals surface area contributed by atoms with Crippen LogP contribution in [0.1, 0.15) is 32.6 Å². The number of piperidine rings is 1. The van der Waals surface area contributed by atoms with Crippen molar-refractivity contribution in [1.82, 2.24) is 24.4 Å². The van der Waals surface area contributed by atoms with Gasteiger partial charge in [-0.25, -0.2) is 19.7 Å². The number of benzene rings is 1. The lowest BCUT2D eigenvalue weighted by Gasteiger charge is -2.27. The molecule has 1 saturated heterocycles. The number of carbonyl (C=O) groups is 3. The lowest BCUT2D eigenvalue weighted by molar-refractivity contribution is -0.138. The van der Waals surface area contributed by atoms with Crippen LogP contribution in [0.15, 0.2) is 47.3 Å². The molecule has 41 heavy (non-hydrogen) atoms. The average molecular weight is 621 g/mol. The number of anilines is 3. The van der Waals surface area contributed by atoms with Gasteiger partial charge in [0.1, 0.15) is 40.8 Å². The molecule has 6 rings (SSSR count). The van der Waals surface area contributed by atoms with E-state index in [2.05, 4.69) is 41.5 Å². The molecule has 3 atom stereocenters. The number of nitrogens with zero attached hydrogens (tertiary/aromatic N) is 5. The summed E-state index contributed by atoms with van der Waals surface area (Å²) in [6, 6.07) is 10.0. The van der Waals surface area contributed by atoms with Crippen LogP contribution in [0.4, 0.5) is 22.1 Å². The summed E-state index contributed by atoms with van der Waals surface area (Å²) in [5.74, 6) is 0.551. The van der Waals surface area contributed by atoms with E-state index in [0.29, 0.717) is 57.0 Å². The minimum atomic E-state index is -0.589. The van der Waals surface area contributed by atoms with Crippen LogP contribution in [0.5, 0.6) is 0 Å². The number of hydrogen-bond donors (Lipinski definition) is 3. The third-order valence-corrected chi connectivity index (χ3v) is 8.04. The summed E-state index contributed by atoms with van der Waals surface area (Å²) >= 11 is 3.32. The first-order valence-electron chi connectivity index (χ1n) is 13.5. The van der Waals surface area contributed by atoms with Crippen molar-refractivity contribution in [3.8, 4) is 0 Å². The molecule has 2 fully saturated rings. The highest BCUT2D eigenvalue weighted by molar-refractivity contribution is 9.10. The highest BCUT2D eigenvalue weighted by Gasteiger charge is 2.56. The van der Waals surface area contributed by atoms with Gasteiger partial charge in [0.05, 0.1) is 17.5 Å². The Morgan fingerprint density at radius 2 is 2.00 bits per heavy atom. The van der Waals surface area contributed by atoms with E-state index in [1.165, 1.54) is 6.33 Å². The molecule has 1 aromatic carbocycles. The zero-order valence-electron chi connectivity index (χ0n) is 22.3. The highest BCUT2D eigenvalue weighted by Crippen LogP contribution is 2.48. The fraction of sp³-hybridized carbons (Fsp3) is 0.357. The molecule has 0 spiro atoms. The molecule has 0 bridgehead atoms. The Labute approximate surface area is 243 Å². The van der Waals surface area contributed by atoms with Crippen LogP contribution in [-0.2, 0) is 20.9 Å². The molecule has 1 saturated carbocycles. The van der Waals surface area contributed by atoms with Crippen molar-refractivity contribution < 1.29 is 19.1 Å². The third kappa shape index (κ3) is 5.29. The first-order chi connectivity index (χ1) is 19.8. The molecule has 0 unspecified atom stereocenters. The number of ether oxygens (including phenoxy) is 1. The first kappa shape index (κ1) is 26.9. The van der Waals surface area contributed by atoms with Crippen molar-refractivity contribution in [2.45, 2.75) is 51.2 Å². The minimum Gasteiger partial charge on any atom is -0.449 e. The number of nitrogens with one attached hydrogen (secondary N) is 2. The summed E-state index contributed by atoms with van der Waals surface area (Å²) in [6.07, 6.45) is 4.01. The summed E-state index contributed by atoms with van der Waals surface area (Å²) in [4.78, 5) is 53.9. The van der Waals surface area contributed by atoms with E-state index >= 15 is 0 Å². The van der Waals surface area contributed by atoms with Crippen LogP contribution in [0.2, 0.25) is 0 Å². The van der Waals surface area contributed by atoms with Crippen molar-refractivity contribution in [1.29, 1.82) is 0 Å². The monoisotopic (exact) mass is 620 g/mol. The molecule has 3 aromatic heterocycles. The molecule has 3 amide bonds. The van der Waals surface area contributed by atoms with Crippen LogP contribution in [0.25, 0.3) is 21.9 Å². The first-order valence-corrected chi connectivity index (χ1v) is 14.3. The number of nitrogens with two attached hydrogens (primary N) is 1. The van der Waals surface area contributed by atoms with E-state index in [9.17, 15) is 14.4 Å². The van der Waals surface area contributed by atoms with Gasteiger partial charge in [0.15, 0.2) is 0 Å². The molecule has 13 heteroatoms. The lowest BCUT2D eigenvalue weighted by atomic mass is 10.1. The standard InChI is InChI=1S/C28H29BrN8O4/c1-2-3-9-41-28(40)33-16-7-8-18-17(12-16)24-25(30)31-14-32-26(24)36(18)13-23(38)37-19-10-15(19)11-20(37)27(39)35-22-6-4-5-21(29)34-22/h4-8,12,14-15,19-20H,2-3,9-11,13H2,1H3,(H,33,40)(H2,30,31,32)(H,34,35,39)/t15-,19-,20+/m1/s1. The van der Waals surface area contributed by atoms with Gasteiger partial charge in [-0.05, 0) is 71.4 Å². The number of fused-ring (bicyclic) bond motifs is 4. The molecule has 1 aliphatic heterocycles. The fourth-order valence-electron chi connectivity index (χ4n) is 5.59. The largest absolute Gasteiger partial charge is 0.449 e. The van der Waals surface area contributed by atoms with Gasteiger partial charge >= 0.3 is 6.09 Å². The Hall–Kier alpha value is -4.26. The van der Waals surface area contributed by atoms with Gasteiger partial charge in [0.2, 0.25) is 11.8 Å². The molecular formula is C28H29BrN8O4. The molecule has 4 heterocycles. The molecule has 0 radical (unpaired) electrons. The van der Waals surface area contributed by atoms with Gasteiger partial charge < -0.3 is 25.3 Å². The van der Waals surface area contributed by atoms with Crippen molar-refractivity contribution >= 4 is 73.1 Å². The van der Waals surface area contributed by atoms with E-state index in [1.54, 1.807) is 45.9 Å². The summed E-state index contributed by atoms with van der Waals surface area (Å²) in [5, 5.41) is 6.87. The summed E-state index contributed by atoms with van der Waals surface area (Å²) in [5.41, 5.74) is 7.98. The Morgan fingerprint density at radius 3 is 2.80 bits per heavy atom. The maximum Gasteiger partial charge on any atom is 0.411 e. The van der Waals surface area contributed by atoms with Crippen molar-refractivity contribution in [2.75, 3.05) is 23.0 Å². The Balaban J connectivity index is 1.27. The molecular weight excluding hydrogens is 592 g/mol. The lowest BCUT2D eigenvalue weighted by Crippen LogP contribution is -2.46. The summed E-state index contributed by atoms with van der Waals surface area (Å²) < 4.78 is 7.61. The topological polar surface area (TPSA) is 157 Å². The van der Waals surface area contributed by atoms with Gasteiger partial charge in [-0.15, -0.1) is 0 Å². The van der Waals surface area contributed by atoms with Gasteiger partial charge in [0.25, 0.3) is 0 Å². The fourth-order valence-corrected chi connectivity index (χ4v) is 5.94. The maximum absolute atomic E-state index is 13.8. The number of aromatic nitrogens is 4. The second kappa shape index (κ2) is 11.0.